The van der Waals surface area contributed by atoms with Crippen LogP contribution in [-0.2, 0) is 9.59 Å². The summed E-state index contributed by atoms with van der Waals surface area (Å²) < 4.78 is 0. The van der Waals surface area contributed by atoms with Gasteiger partial charge >= 0.3 is 0 Å². The molecule has 1 fully saturated rings. The maximum absolute atomic E-state index is 13.2. The quantitative estimate of drug-likeness (QED) is 0.363. The number of rotatable bonds is 6. The van der Waals surface area contributed by atoms with E-state index in [9.17, 15) is 14.7 Å². The van der Waals surface area contributed by atoms with Gasteiger partial charge in [0.1, 0.15) is 5.76 Å². The van der Waals surface area contributed by atoms with Crippen molar-refractivity contribution in [3.63, 3.8) is 0 Å². The normalized spacial score (nSPS) is 19.2. The fourth-order valence-corrected chi connectivity index (χ4v) is 4.80. The SMILES string of the molecule is CN(C)[C@@H](CN1C(=O)C(=O)/C(=C(/O)c2ccccc2)[C@@H]1c1ccncc1)c1cccs1. The van der Waals surface area contributed by atoms with Gasteiger partial charge in [-0.3, -0.25) is 14.6 Å². The minimum absolute atomic E-state index is 0.0840. The van der Waals surface area contributed by atoms with Gasteiger partial charge in [0, 0.05) is 29.4 Å². The largest absolute Gasteiger partial charge is 0.507 e. The van der Waals surface area contributed by atoms with Crippen molar-refractivity contribution < 1.29 is 14.7 Å². The fraction of sp³-hybridized carbons (Fsp3) is 0.208. The Balaban J connectivity index is 1.83. The lowest BCUT2D eigenvalue weighted by molar-refractivity contribution is -0.140. The number of benzene rings is 1. The molecule has 1 N–H and O–H groups in total. The molecule has 0 saturated carbocycles. The number of likely N-dealkylation sites (N-methyl/N-ethyl adjacent to an activating group) is 1. The van der Waals surface area contributed by atoms with Crippen molar-refractivity contribution >= 4 is 28.8 Å². The van der Waals surface area contributed by atoms with Gasteiger partial charge < -0.3 is 14.9 Å². The first-order valence-electron chi connectivity index (χ1n) is 9.92. The number of nitrogens with zero attached hydrogens (tertiary/aromatic N) is 3. The number of ketones is 1. The zero-order valence-corrected chi connectivity index (χ0v) is 18.1. The molecule has 31 heavy (non-hydrogen) atoms. The molecule has 1 aliphatic heterocycles. The van der Waals surface area contributed by atoms with Crippen molar-refractivity contribution in [2.45, 2.75) is 12.1 Å². The molecule has 158 valence electrons. The molecule has 3 heterocycles. The highest BCUT2D eigenvalue weighted by Crippen LogP contribution is 2.40. The third kappa shape index (κ3) is 4.02. The second-order valence-electron chi connectivity index (χ2n) is 7.59. The Morgan fingerprint density at radius 3 is 2.42 bits per heavy atom. The second-order valence-corrected chi connectivity index (χ2v) is 8.57. The minimum atomic E-state index is -0.689. The molecule has 2 aromatic heterocycles. The third-order valence-corrected chi connectivity index (χ3v) is 6.45. The standard InChI is InChI=1S/C24H23N3O3S/c1-26(2)18(19-9-6-14-31-19)15-27-21(16-10-12-25-13-11-16)20(23(29)24(27)30)22(28)17-7-4-3-5-8-17/h3-14,18,21,28H,15H2,1-2H3/b22-20+/t18-,21-/m0/s1. The topological polar surface area (TPSA) is 73.7 Å². The van der Waals surface area contributed by atoms with E-state index >= 15 is 0 Å². The van der Waals surface area contributed by atoms with Crippen molar-refractivity contribution in [2.24, 2.45) is 0 Å². The van der Waals surface area contributed by atoms with E-state index in [1.165, 1.54) is 0 Å². The van der Waals surface area contributed by atoms with Gasteiger partial charge in [0.15, 0.2) is 0 Å². The summed E-state index contributed by atoms with van der Waals surface area (Å²) in [4.78, 5) is 35.0. The highest BCUT2D eigenvalue weighted by molar-refractivity contribution is 7.10. The number of Topliss-reactive ketones (excluding diaryl/α,β-unsaturated/α-hetero) is 1. The maximum atomic E-state index is 13.2. The Morgan fingerprint density at radius 1 is 1.10 bits per heavy atom. The average Bonchev–Trinajstić information content (AvgIpc) is 3.40. The highest BCUT2D eigenvalue weighted by atomic mass is 32.1. The Labute approximate surface area is 185 Å². The van der Waals surface area contributed by atoms with Crippen molar-refractivity contribution in [3.8, 4) is 0 Å². The van der Waals surface area contributed by atoms with E-state index in [0.717, 1.165) is 10.4 Å². The molecule has 1 saturated heterocycles. The Morgan fingerprint density at radius 2 is 1.81 bits per heavy atom. The molecule has 7 heteroatoms. The predicted molar refractivity (Wildman–Crippen MR) is 120 cm³/mol. The monoisotopic (exact) mass is 433 g/mol. The Kier molecular flexibility index (Phi) is 5.97. The molecule has 1 aromatic carbocycles. The number of pyridine rings is 1. The smallest absolute Gasteiger partial charge is 0.295 e. The fourth-order valence-electron chi connectivity index (χ4n) is 3.89. The maximum Gasteiger partial charge on any atom is 0.295 e. The molecule has 6 nitrogen and oxygen atoms in total. The number of thiophene rings is 1. The van der Waals surface area contributed by atoms with Gasteiger partial charge in [-0.1, -0.05) is 36.4 Å². The Hall–Kier alpha value is -3.29. The van der Waals surface area contributed by atoms with Gasteiger partial charge in [0.05, 0.1) is 17.7 Å². The van der Waals surface area contributed by atoms with Gasteiger partial charge in [0.2, 0.25) is 0 Å². The summed E-state index contributed by atoms with van der Waals surface area (Å²) in [5.41, 5.74) is 1.34. The minimum Gasteiger partial charge on any atom is -0.507 e. The van der Waals surface area contributed by atoms with Gasteiger partial charge in [-0.05, 0) is 43.2 Å². The summed E-state index contributed by atoms with van der Waals surface area (Å²) in [7, 11) is 3.90. The molecule has 4 rings (SSSR count). The molecule has 0 unspecified atom stereocenters. The molecule has 1 aliphatic rings. The number of carbonyl (C=O) groups excluding carboxylic acids is 2. The number of aliphatic hydroxyl groups excluding tert-OH is 1. The van der Waals surface area contributed by atoms with Gasteiger partial charge in [-0.15, -0.1) is 11.3 Å². The first kappa shape index (κ1) is 21.0. The molecule has 0 bridgehead atoms. The molecule has 2 atom stereocenters. The van der Waals surface area contributed by atoms with Crippen LogP contribution in [0.5, 0.6) is 0 Å². The van der Waals surface area contributed by atoms with Gasteiger partial charge in [-0.25, -0.2) is 0 Å². The van der Waals surface area contributed by atoms with E-state index in [0.29, 0.717) is 12.1 Å². The summed E-state index contributed by atoms with van der Waals surface area (Å²) in [5, 5.41) is 13.0. The van der Waals surface area contributed by atoms with Crippen LogP contribution in [0.15, 0.2) is 77.9 Å². The van der Waals surface area contributed by atoms with E-state index in [2.05, 4.69) is 4.98 Å². The Bertz CT molecular complexity index is 1100. The van der Waals surface area contributed by atoms with E-state index < -0.39 is 17.7 Å². The van der Waals surface area contributed by atoms with Crippen LogP contribution in [-0.4, -0.2) is 52.2 Å². The van der Waals surface area contributed by atoms with Crippen LogP contribution in [0.25, 0.3) is 5.76 Å². The van der Waals surface area contributed by atoms with Crippen LogP contribution in [0.1, 0.15) is 28.1 Å². The second kappa shape index (κ2) is 8.83. The van der Waals surface area contributed by atoms with Crippen molar-refractivity contribution in [2.75, 3.05) is 20.6 Å². The average molecular weight is 434 g/mol. The number of hydrogen-bond acceptors (Lipinski definition) is 6. The van der Waals surface area contributed by atoms with Crippen LogP contribution in [0.3, 0.4) is 0 Å². The molecule has 1 amide bonds. The van der Waals surface area contributed by atoms with E-state index in [1.807, 2.05) is 42.6 Å². The zero-order chi connectivity index (χ0) is 22.0. The van der Waals surface area contributed by atoms with Gasteiger partial charge in [-0.2, -0.15) is 0 Å². The predicted octanol–water partition coefficient (Wildman–Crippen LogP) is 3.87. The van der Waals surface area contributed by atoms with Crippen LogP contribution in [0, 0.1) is 0 Å². The molecule has 0 aliphatic carbocycles. The third-order valence-electron chi connectivity index (χ3n) is 5.47. The highest BCUT2D eigenvalue weighted by Gasteiger charge is 2.47. The number of likely N-dealkylation sites (tertiary alicyclic amines) is 1. The summed E-state index contributed by atoms with van der Waals surface area (Å²) in [6, 6.07) is 15.6. The van der Waals surface area contributed by atoms with Crippen LogP contribution >= 0.6 is 11.3 Å². The van der Waals surface area contributed by atoms with E-state index in [1.54, 1.807) is 65.0 Å². The van der Waals surface area contributed by atoms with Crippen LogP contribution in [0.4, 0.5) is 0 Å². The van der Waals surface area contributed by atoms with Crippen molar-refractivity contribution in [1.82, 2.24) is 14.8 Å². The molecular weight excluding hydrogens is 410 g/mol. The van der Waals surface area contributed by atoms with Crippen LogP contribution < -0.4 is 0 Å². The molecule has 0 spiro atoms. The lowest BCUT2D eigenvalue weighted by Crippen LogP contribution is -2.37. The first-order valence-corrected chi connectivity index (χ1v) is 10.8. The summed E-state index contributed by atoms with van der Waals surface area (Å²) in [6.45, 7) is 0.316. The van der Waals surface area contributed by atoms with Crippen molar-refractivity contribution in [1.29, 1.82) is 0 Å². The number of carbonyl (C=O) groups is 2. The lowest BCUT2D eigenvalue weighted by atomic mass is 9.96. The van der Waals surface area contributed by atoms with E-state index in [-0.39, 0.29) is 17.4 Å². The molecule has 3 aromatic rings. The summed E-state index contributed by atoms with van der Waals surface area (Å²) in [6.07, 6.45) is 3.25. The molecule has 0 radical (unpaired) electrons. The first-order chi connectivity index (χ1) is 15.0. The summed E-state index contributed by atoms with van der Waals surface area (Å²) in [5.74, 6) is -1.45. The number of hydrogen-bond donors (Lipinski definition) is 1. The van der Waals surface area contributed by atoms with E-state index in [4.69, 9.17) is 0 Å². The summed E-state index contributed by atoms with van der Waals surface area (Å²) >= 11 is 1.61. The number of amides is 1. The zero-order valence-electron chi connectivity index (χ0n) is 17.3. The molecular formula is C24H23N3O3S. The van der Waals surface area contributed by atoms with Gasteiger partial charge in [0.25, 0.3) is 11.7 Å². The number of aliphatic hydroxyl groups is 1. The number of aromatic nitrogens is 1. The van der Waals surface area contributed by atoms with Crippen molar-refractivity contribution in [3.05, 3.63) is 93.9 Å². The van der Waals surface area contributed by atoms with Crippen LogP contribution in [0.2, 0.25) is 0 Å². The lowest BCUT2D eigenvalue weighted by Gasteiger charge is -2.32.